The molecule has 5 heteroatoms. The zero-order valence-electron chi connectivity index (χ0n) is 30.9. The second-order valence-electron chi connectivity index (χ2n) is 13.8. The van der Waals surface area contributed by atoms with Gasteiger partial charge in [-0.2, -0.15) is 0 Å². The molecule has 0 aliphatic carbocycles. The van der Waals surface area contributed by atoms with Gasteiger partial charge in [-0.1, -0.05) is 176 Å². The highest BCUT2D eigenvalue weighted by Crippen LogP contribution is 2.39. The number of hydrogen-bond donors (Lipinski definition) is 1. The third-order valence-corrected chi connectivity index (χ3v) is 11.4. The monoisotopic (exact) mass is 738 g/mol. The Balaban J connectivity index is 1.03. The third-order valence-electron chi connectivity index (χ3n) is 10.2. The van der Waals surface area contributed by atoms with Crippen molar-refractivity contribution in [2.45, 2.75) is 13.0 Å². The third kappa shape index (κ3) is 7.21. The molecule has 0 fully saturated rings. The number of nitrogens with two attached hydrogens (primary N) is 1. The van der Waals surface area contributed by atoms with Crippen LogP contribution in [0.2, 0.25) is 0 Å². The molecule has 4 nitrogen and oxygen atoms in total. The highest BCUT2D eigenvalue weighted by molar-refractivity contribution is 7.20. The molecule has 56 heavy (non-hydrogen) atoms. The van der Waals surface area contributed by atoms with Crippen LogP contribution < -0.4 is 5.73 Å². The fourth-order valence-electron chi connectivity index (χ4n) is 7.16. The van der Waals surface area contributed by atoms with Gasteiger partial charge < -0.3 is 5.73 Å². The van der Waals surface area contributed by atoms with Gasteiger partial charge in [-0.05, 0) is 69.6 Å². The Morgan fingerprint density at radius 2 is 0.911 bits per heavy atom. The predicted octanol–water partition coefficient (Wildman–Crippen LogP) is 13.1. The standard InChI is InChI=1S/C51H38N4S/c1-34-46(32-31-45(52)43-20-11-19-42(33-43)39-25-23-37(24-26-39)35-13-5-2-6-14-35)56-47-22-12-21-44(48(34)47)51-54-49(40-17-9-4-10-18-40)53-50(55-51)41-29-27-38(28-30-41)36-15-7-3-8-16-36/h2-33,45H,52H2,1H3/b32-31-. The van der Waals surface area contributed by atoms with Crippen molar-refractivity contribution in [2.24, 2.45) is 5.73 Å². The second-order valence-corrected chi connectivity index (χ2v) is 14.9. The van der Waals surface area contributed by atoms with E-state index < -0.39 is 0 Å². The average molecular weight is 739 g/mol. The molecule has 0 bridgehead atoms. The lowest BCUT2D eigenvalue weighted by molar-refractivity contribution is 0.917. The molecule has 0 saturated carbocycles. The van der Waals surface area contributed by atoms with Crippen molar-refractivity contribution in [3.8, 4) is 67.5 Å². The van der Waals surface area contributed by atoms with Crippen molar-refractivity contribution in [1.29, 1.82) is 0 Å². The predicted molar refractivity (Wildman–Crippen MR) is 235 cm³/mol. The number of thiophene rings is 1. The molecule has 2 heterocycles. The summed E-state index contributed by atoms with van der Waals surface area (Å²) in [5, 5.41) is 1.14. The van der Waals surface area contributed by atoms with Gasteiger partial charge in [-0.15, -0.1) is 11.3 Å². The van der Waals surface area contributed by atoms with E-state index in [1.807, 2.05) is 42.5 Å². The molecule has 0 aliphatic rings. The van der Waals surface area contributed by atoms with Crippen molar-refractivity contribution in [2.75, 3.05) is 0 Å². The number of nitrogens with zero attached hydrogens (tertiary/aromatic N) is 3. The van der Waals surface area contributed by atoms with Gasteiger partial charge in [0.25, 0.3) is 0 Å². The van der Waals surface area contributed by atoms with Gasteiger partial charge in [0.15, 0.2) is 17.5 Å². The lowest BCUT2D eigenvalue weighted by Crippen LogP contribution is -2.06. The van der Waals surface area contributed by atoms with E-state index in [9.17, 15) is 0 Å². The minimum absolute atomic E-state index is 0.268. The molecule has 0 aliphatic heterocycles. The van der Waals surface area contributed by atoms with Crippen molar-refractivity contribution >= 4 is 27.5 Å². The van der Waals surface area contributed by atoms with Crippen LogP contribution in [0.1, 0.15) is 22.0 Å². The highest BCUT2D eigenvalue weighted by atomic mass is 32.1. The van der Waals surface area contributed by atoms with E-state index in [0.717, 1.165) is 49.2 Å². The van der Waals surface area contributed by atoms with E-state index in [1.165, 1.54) is 27.0 Å². The second kappa shape index (κ2) is 15.5. The summed E-state index contributed by atoms with van der Waals surface area (Å²) in [7, 11) is 0. The number of fused-ring (bicyclic) bond motifs is 1. The van der Waals surface area contributed by atoms with E-state index in [1.54, 1.807) is 11.3 Å². The Hall–Kier alpha value is -6.79. The Bertz CT molecular complexity index is 2790. The van der Waals surface area contributed by atoms with Gasteiger partial charge in [0.05, 0.1) is 0 Å². The molecular weight excluding hydrogens is 701 g/mol. The molecule has 1 unspecified atom stereocenters. The van der Waals surface area contributed by atoms with Gasteiger partial charge >= 0.3 is 0 Å². The van der Waals surface area contributed by atoms with Crippen molar-refractivity contribution in [1.82, 2.24) is 15.0 Å². The molecular formula is C51H38N4S. The Kier molecular flexibility index (Phi) is 9.68. The minimum Gasteiger partial charge on any atom is -0.321 e. The summed E-state index contributed by atoms with van der Waals surface area (Å²) in [6, 6.07) is 62.8. The number of aryl methyl sites for hydroxylation is 1. The molecule has 9 rings (SSSR count). The average Bonchev–Trinajstić information content (AvgIpc) is 3.61. The number of hydrogen-bond acceptors (Lipinski definition) is 5. The van der Waals surface area contributed by atoms with Crippen molar-refractivity contribution in [3.05, 3.63) is 204 Å². The molecule has 9 aromatic rings. The summed E-state index contributed by atoms with van der Waals surface area (Å²) in [5.74, 6) is 1.93. The molecule has 1 atom stereocenters. The van der Waals surface area contributed by atoms with Gasteiger partial charge in [0.2, 0.25) is 0 Å². The summed E-state index contributed by atoms with van der Waals surface area (Å²) in [6.45, 7) is 2.18. The van der Waals surface area contributed by atoms with Crippen LogP contribution >= 0.6 is 11.3 Å². The SMILES string of the molecule is Cc1c(/C=C\C(N)c2cccc(-c3ccc(-c4ccccc4)cc3)c2)sc2cccc(-c3nc(-c4ccccc4)nc(-c4ccc(-c5ccccc5)cc4)n3)c12. The molecule has 2 aromatic heterocycles. The molecule has 7 aromatic carbocycles. The molecule has 0 saturated heterocycles. The van der Waals surface area contributed by atoms with Crippen LogP contribution in [0.4, 0.5) is 0 Å². The Labute approximate surface area is 331 Å². The maximum absolute atomic E-state index is 6.83. The summed E-state index contributed by atoms with van der Waals surface area (Å²) >= 11 is 1.76. The first-order valence-electron chi connectivity index (χ1n) is 18.8. The van der Waals surface area contributed by atoms with E-state index in [0.29, 0.717) is 17.5 Å². The molecule has 0 amide bonds. The van der Waals surface area contributed by atoms with Crippen LogP contribution in [0, 0.1) is 6.92 Å². The van der Waals surface area contributed by atoms with Crippen LogP contribution in [-0.4, -0.2) is 15.0 Å². The first-order chi connectivity index (χ1) is 27.6. The van der Waals surface area contributed by atoms with E-state index >= 15 is 0 Å². The topological polar surface area (TPSA) is 64.7 Å². The molecule has 0 spiro atoms. The van der Waals surface area contributed by atoms with E-state index in [4.69, 9.17) is 20.7 Å². The number of benzene rings is 7. The zero-order valence-corrected chi connectivity index (χ0v) is 31.7. The lowest BCUT2D eigenvalue weighted by Gasteiger charge is -2.11. The smallest absolute Gasteiger partial charge is 0.164 e. The zero-order chi connectivity index (χ0) is 37.8. The van der Waals surface area contributed by atoms with Crippen LogP contribution in [0.15, 0.2) is 188 Å². The summed E-state index contributed by atoms with van der Waals surface area (Å²) < 4.78 is 1.17. The first-order valence-corrected chi connectivity index (χ1v) is 19.6. The van der Waals surface area contributed by atoms with Gasteiger partial charge in [0.1, 0.15) is 0 Å². The maximum Gasteiger partial charge on any atom is 0.164 e. The Morgan fingerprint density at radius 3 is 1.50 bits per heavy atom. The highest BCUT2D eigenvalue weighted by Gasteiger charge is 2.18. The molecule has 0 radical (unpaired) electrons. The molecule has 268 valence electrons. The quantitative estimate of drug-likeness (QED) is 0.160. The normalized spacial score (nSPS) is 12.0. The van der Waals surface area contributed by atoms with Gasteiger partial charge in [-0.3, -0.25) is 0 Å². The van der Waals surface area contributed by atoms with Crippen molar-refractivity contribution in [3.63, 3.8) is 0 Å². The summed E-state index contributed by atoms with van der Waals surface area (Å²) in [6.07, 6.45) is 4.26. The molecule has 2 N–H and O–H groups in total. The largest absolute Gasteiger partial charge is 0.321 e. The van der Waals surface area contributed by atoms with E-state index in [2.05, 4.69) is 159 Å². The summed E-state index contributed by atoms with van der Waals surface area (Å²) in [5.41, 5.74) is 19.0. The lowest BCUT2D eigenvalue weighted by atomic mass is 9.97. The summed E-state index contributed by atoms with van der Waals surface area (Å²) in [4.78, 5) is 16.3. The van der Waals surface area contributed by atoms with Crippen LogP contribution in [0.5, 0.6) is 0 Å². The van der Waals surface area contributed by atoms with Gasteiger partial charge in [0, 0.05) is 37.7 Å². The fraction of sp³-hybridized carbons (Fsp3) is 0.0392. The number of rotatable bonds is 9. The first kappa shape index (κ1) is 34.9. The van der Waals surface area contributed by atoms with Crippen LogP contribution in [0.25, 0.3) is 83.7 Å². The Morgan fingerprint density at radius 1 is 0.464 bits per heavy atom. The van der Waals surface area contributed by atoms with Crippen LogP contribution in [0.3, 0.4) is 0 Å². The fourth-order valence-corrected chi connectivity index (χ4v) is 8.31. The van der Waals surface area contributed by atoms with Crippen molar-refractivity contribution < 1.29 is 0 Å². The minimum atomic E-state index is -0.268. The number of aromatic nitrogens is 3. The van der Waals surface area contributed by atoms with Gasteiger partial charge in [-0.25, -0.2) is 15.0 Å². The maximum atomic E-state index is 6.83. The van der Waals surface area contributed by atoms with Crippen LogP contribution in [-0.2, 0) is 0 Å². The van der Waals surface area contributed by atoms with E-state index in [-0.39, 0.29) is 6.04 Å².